The molecule has 0 aliphatic carbocycles. The van der Waals surface area contributed by atoms with Gasteiger partial charge in [-0.3, -0.25) is 4.79 Å². The van der Waals surface area contributed by atoms with E-state index in [1.54, 1.807) is 12.4 Å². The van der Waals surface area contributed by atoms with Crippen LogP contribution in [-0.2, 0) is 0 Å². The number of nitrogens with two attached hydrogens (primary N) is 1. The number of hydrogen-bond donors (Lipinski definition) is 2. The fraction of sp³-hybridized carbons (Fsp3) is 0.0909. The summed E-state index contributed by atoms with van der Waals surface area (Å²) in [5.41, 5.74) is 7.97. The number of amides is 1. The molecule has 1 amide bonds. The molecule has 0 radical (unpaired) electrons. The number of carbonyl (C=O) groups is 1. The maximum atomic E-state index is 13.4. The smallest absolute Gasteiger partial charge is 0.267 e. The summed E-state index contributed by atoms with van der Waals surface area (Å²) in [6, 6.07) is 4.25. The predicted molar refractivity (Wildman–Crippen MR) is 65.6 cm³/mol. The summed E-state index contributed by atoms with van der Waals surface area (Å²) < 4.78 is 13.4. The molecule has 0 aliphatic rings. The van der Waals surface area contributed by atoms with Crippen molar-refractivity contribution in [2.75, 3.05) is 11.1 Å². The van der Waals surface area contributed by atoms with Crippen LogP contribution in [0.4, 0.5) is 15.8 Å². The van der Waals surface area contributed by atoms with Crippen LogP contribution in [0.2, 0.25) is 0 Å². The standard InChI is InChI=1S/C11H10FN3OS/c1-6-10(17-5-14-6)11(16)15-9-7(12)3-2-4-8(9)13/h2-5H,13H2,1H3,(H,15,16). The maximum absolute atomic E-state index is 13.4. The third kappa shape index (κ3) is 2.26. The molecule has 4 nitrogen and oxygen atoms in total. The number of para-hydroxylation sites is 1. The quantitative estimate of drug-likeness (QED) is 0.805. The summed E-state index contributed by atoms with van der Waals surface area (Å²) in [6.07, 6.45) is 0. The number of hydrogen-bond acceptors (Lipinski definition) is 4. The number of nitrogens with one attached hydrogen (secondary N) is 1. The average Bonchev–Trinajstić information content (AvgIpc) is 2.70. The van der Waals surface area contributed by atoms with Crippen LogP contribution in [0, 0.1) is 12.7 Å². The summed E-state index contributed by atoms with van der Waals surface area (Å²) in [5, 5.41) is 2.45. The van der Waals surface area contributed by atoms with E-state index in [1.807, 2.05) is 0 Å². The third-order valence-electron chi connectivity index (χ3n) is 2.24. The van der Waals surface area contributed by atoms with Gasteiger partial charge in [-0.2, -0.15) is 0 Å². The maximum Gasteiger partial charge on any atom is 0.267 e. The van der Waals surface area contributed by atoms with Crippen molar-refractivity contribution in [3.05, 3.63) is 40.1 Å². The molecular formula is C11H10FN3OS. The van der Waals surface area contributed by atoms with Crippen LogP contribution < -0.4 is 11.1 Å². The number of carbonyl (C=O) groups excluding carboxylic acids is 1. The molecule has 0 spiro atoms. The SMILES string of the molecule is Cc1ncsc1C(=O)Nc1c(N)cccc1F. The Bertz CT molecular complexity index is 547. The molecule has 2 rings (SSSR count). The second kappa shape index (κ2) is 4.50. The lowest BCUT2D eigenvalue weighted by molar-refractivity contribution is 0.102. The minimum absolute atomic E-state index is 0.00491. The van der Waals surface area contributed by atoms with Crippen molar-refractivity contribution in [3.8, 4) is 0 Å². The highest BCUT2D eigenvalue weighted by atomic mass is 32.1. The summed E-state index contributed by atoms with van der Waals surface area (Å²) >= 11 is 1.20. The van der Waals surface area contributed by atoms with Gasteiger partial charge in [0.15, 0.2) is 0 Å². The molecule has 1 aromatic carbocycles. The van der Waals surface area contributed by atoms with Crippen molar-refractivity contribution in [1.29, 1.82) is 0 Å². The van der Waals surface area contributed by atoms with Gasteiger partial charge < -0.3 is 11.1 Å². The van der Waals surface area contributed by atoms with E-state index in [0.717, 1.165) is 0 Å². The van der Waals surface area contributed by atoms with Gasteiger partial charge in [0.05, 0.1) is 16.9 Å². The summed E-state index contributed by atoms with van der Waals surface area (Å²) in [7, 11) is 0. The van der Waals surface area contributed by atoms with Crippen LogP contribution in [0.25, 0.3) is 0 Å². The van der Waals surface area contributed by atoms with Gasteiger partial charge in [-0.05, 0) is 19.1 Å². The van der Waals surface area contributed by atoms with E-state index in [9.17, 15) is 9.18 Å². The molecule has 3 N–H and O–H groups in total. The molecule has 0 bridgehead atoms. The number of aromatic nitrogens is 1. The summed E-state index contributed by atoms with van der Waals surface area (Å²) in [5.74, 6) is -0.956. The predicted octanol–water partition coefficient (Wildman–Crippen LogP) is 2.43. The second-order valence-corrected chi connectivity index (χ2v) is 4.28. The van der Waals surface area contributed by atoms with E-state index in [2.05, 4.69) is 10.3 Å². The Morgan fingerprint density at radius 2 is 2.29 bits per heavy atom. The highest BCUT2D eigenvalue weighted by Crippen LogP contribution is 2.23. The lowest BCUT2D eigenvalue weighted by Crippen LogP contribution is -2.14. The Kier molecular flexibility index (Phi) is 3.06. The number of anilines is 2. The van der Waals surface area contributed by atoms with E-state index in [0.29, 0.717) is 10.6 Å². The Morgan fingerprint density at radius 1 is 1.53 bits per heavy atom. The topological polar surface area (TPSA) is 68.0 Å². The van der Waals surface area contributed by atoms with Crippen molar-refractivity contribution in [3.63, 3.8) is 0 Å². The van der Waals surface area contributed by atoms with Crippen molar-refractivity contribution in [1.82, 2.24) is 4.98 Å². The molecule has 17 heavy (non-hydrogen) atoms. The average molecular weight is 251 g/mol. The van der Waals surface area contributed by atoms with E-state index in [1.165, 1.54) is 29.5 Å². The van der Waals surface area contributed by atoms with E-state index in [4.69, 9.17) is 5.73 Å². The molecule has 0 saturated carbocycles. The van der Waals surface area contributed by atoms with Crippen molar-refractivity contribution in [2.24, 2.45) is 0 Å². The van der Waals surface area contributed by atoms with Crippen LogP contribution in [0.15, 0.2) is 23.7 Å². The molecular weight excluding hydrogens is 241 g/mol. The van der Waals surface area contributed by atoms with Gasteiger partial charge in [0.2, 0.25) is 0 Å². The zero-order valence-corrected chi connectivity index (χ0v) is 9.84. The molecule has 1 heterocycles. The van der Waals surface area contributed by atoms with Gasteiger partial charge in [0, 0.05) is 0 Å². The first-order chi connectivity index (χ1) is 8.09. The first kappa shape index (κ1) is 11.5. The number of thiazole rings is 1. The highest BCUT2D eigenvalue weighted by Gasteiger charge is 2.15. The van der Waals surface area contributed by atoms with E-state index >= 15 is 0 Å². The zero-order chi connectivity index (χ0) is 12.4. The van der Waals surface area contributed by atoms with Crippen LogP contribution in [0.1, 0.15) is 15.4 Å². The lowest BCUT2D eigenvalue weighted by Gasteiger charge is -2.08. The molecule has 2 aromatic rings. The fourth-order valence-corrected chi connectivity index (χ4v) is 2.06. The van der Waals surface area contributed by atoms with Gasteiger partial charge in [-0.15, -0.1) is 11.3 Å². The minimum Gasteiger partial charge on any atom is -0.397 e. The normalized spacial score (nSPS) is 10.2. The Labute approximate surface area is 101 Å². The molecule has 1 aromatic heterocycles. The molecule has 0 atom stereocenters. The third-order valence-corrected chi connectivity index (χ3v) is 3.16. The number of halogens is 1. The second-order valence-electron chi connectivity index (χ2n) is 3.43. The van der Waals surface area contributed by atoms with Crippen LogP contribution >= 0.6 is 11.3 Å². The van der Waals surface area contributed by atoms with Crippen molar-refractivity contribution < 1.29 is 9.18 Å². The monoisotopic (exact) mass is 251 g/mol. The lowest BCUT2D eigenvalue weighted by atomic mass is 10.2. The molecule has 0 unspecified atom stereocenters. The molecule has 0 saturated heterocycles. The summed E-state index contributed by atoms with van der Waals surface area (Å²) in [4.78, 5) is 16.2. The van der Waals surface area contributed by atoms with Gasteiger partial charge >= 0.3 is 0 Å². The van der Waals surface area contributed by atoms with Gasteiger partial charge in [0.1, 0.15) is 16.4 Å². The van der Waals surface area contributed by atoms with Crippen LogP contribution in [0.5, 0.6) is 0 Å². The first-order valence-corrected chi connectivity index (χ1v) is 5.73. The zero-order valence-electron chi connectivity index (χ0n) is 9.03. The molecule has 0 fully saturated rings. The number of nitrogens with zero attached hydrogens (tertiary/aromatic N) is 1. The highest BCUT2D eigenvalue weighted by molar-refractivity contribution is 7.12. The van der Waals surface area contributed by atoms with Crippen molar-refractivity contribution >= 4 is 28.6 Å². The number of benzene rings is 1. The fourth-order valence-electron chi connectivity index (χ4n) is 1.36. The van der Waals surface area contributed by atoms with Crippen LogP contribution in [0.3, 0.4) is 0 Å². The molecule has 0 aliphatic heterocycles. The van der Waals surface area contributed by atoms with Gasteiger partial charge in [0.25, 0.3) is 5.91 Å². The van der Waals surface area contributed by atoms with Crippen LogP contribution in [-0.4, -0.2) is 10.9 Å². The minimum atomic E-state index is -0.555. The number of nitrogen functional groups attached to an aromatic ring is 1. The summed E-state index contributed by atoms with van der Waals surface area (Å²) in [6.45, 7) is 1.72. The number of rotatable bonds is 2. The van der Waals surface area contributed by atoms with E-state index in [-0.39, 0.29) is 11.4 Å². The number of aryl methyl sites for hydroxylation is 1. The van der Waals surface area contributed by atoms with Crippen molar-refractivity contribution in [2.45, 2.75) is 6.92 Å². The Balaban J connectivity index is 2.28. The van der Waals surface area contributed by atoms with Gasteiger partial charge in [-0.1, -0.05) is 6.07 Å². The molecule has 6 heteroatoms. The molecule has 88 valence electrons. The Morgan fingerprint density at radius 3 is 2.88 bits per heavy atom. The first-order valence-electron chi connectivity index (χ1n) is 4.85. The largest absolute Gasteiger partial charge is 0.397 e. The van der Waals surface area contributed by atoms with Gasteiger partial charge in [-0.25, -0.2) is 9.37 Å². The Hall–Kier alpha value is -1.95. The van der Waals surface area contributed by atoms with E-state index < -0.39 is 11.7 Å².